The first kappa shape index (κ1) is 27.8. The van der Waals surface area contributed by atoms with Gasteiger partial charge in [0.15, 0.2) is 0 Å². The molecule has 0 bridgehead atoms. The molecule has 0 aromatic heterocycles. The molecule has 0 fully saturated rings. The number of nitrogens with one attached hydrogen (secondary N) is 2. The van der Waals surface area contributed by atoms with Crippen molar-refractivity contribution in [2.24, 2.45) is 4.99 Å². The number of methoxy groups -OCH3 is 1. The largest absolute Gasteiger partial charge is 0.453 e. The summed E-state index contributed by atoms with van der Waals surface area (Å²) in [4.78, 5) is 45.7. The summed E-state index contributed by atoms with van der Waals surface area (Å²) in [6.45, 7) is 2.83. The molecule has 3 aromatic carbocycles. The van der Waals surface area contributed by atoms with Crippen LogP contribution in [0.4, 0.5) is 27.5 Å². The van der Waals surface area contributed by atoms with Crippen molar-refractivity contribution in [3.8, 4) is 0 Å². The molecule has 0 radical (unpaired) electrons. The fourth-order valence-electron chi connectivity index (χ4n) is 4.31. The average molecular weight is 548 g/mol. The normalized spacial score (nSPS) is 14.6. The number of carbonyl (C=O) groups is 3. The van der Waals surface area contributed by atoms with Crippen molar-refractivity contribution in [2.75, 3.05) is 49.8 Å². The Balaban J connectivity index is 1.73. The number of rotatable bonds is 8. The summed E-state index contributed by atoms with van der Waals surface area (Å²) in [5.74, 6) is -0.941. The van der Waals surface area contributed by atoms with Crippen LogP contribution in [0, 0.1) is 0 Å². The van der Waals surface area contributed by atoms with Crippen molar-refractivity contribution in [3.05, 3.63) is 82.9 Å². The van der Waals surface area contributed by atoms with Crippen LogP contribution in [-0.4, -0.2) is 62.8 Å². The number of nitrogens with zero attached hydrogens (tertiary/aromatic N) is 3. The van der Waals surface area contributed by atoms with Crippen molar-refractivity contribution in [2.45, 2.75) is 12.8 Å². The Morgan fingerprint density at radius 2 is 1.72 bits per heavy atom. The van der Waals surface area contributed by atoms with Crippen LogP contribution < -0.4 is 15.5 Å². The molecular weight excluding hydrogens is 518 g/mol. The minimum absolute atomic E-state index is 0.0488. The predicted octanol–water partition coefficient (Wildman–Crippen LogP) is 5.29. The number of aliphatic imine (C=N–C) groups is 1. The number of hydrogen-bond donors (Lipinski definition) is 2. The first-order chi connectivity index (χ1) is 18.7. The van der Waals surface area contributed by atoms with Crippen LogP contribution in [0.5, 0.6) is 0 Å². The van der Waals surface area contributed by atoms with E-state index in [2.05, 4.69) is 15.4 Å². The molecule has 1 atom stereocenters. The second-order valence-electron chi connectivity index (χ2n) is 9.34. The van der Waals surface area contributed by atoms with Crippen molar-refractivity contribution >= 4 is 58.0 Å². The lowest BCUT2D eigenvalue weighted by Crippen LogP contribution is -2.35. The van der Waals surface area contributed by atoms with E-state index in [1.807, 2.05) is 49.3 Å². The van der Waals surface area contributed by atoms with Crippen molar-refractivity contribution in [3.63, 3.8) is 0 Å². The first-order valence-electron chi connectivity index (χ1n) is 12.3. The SMILES string of the molecule is COC(=O)Nc1ccc(C(=Nc2ccc(N(CCN(C)C)C(C)=O)cc2)C2C(=O)Nc3cc(Cl)ccc32)cc1. The topological polar surface area (TPSA) is 103 Å². The number of hydrogen-bond acceptors (Lipinski definition) is 6. The smallest absolute Gasteiger partial charge is 0.411 e. The highest BCUT2D eigenvalue weighted by atomic mass is 35.5. The van der Waals surface area contributed by atoms with Gasteiger partial charge in [-0.2, -0.15) is 0 Å². The molecule has 0 spiro atoms. The molecule has 1 heterocycles. The van der Waals surface area contributed by atoms with Crippen LogP contribution in [-0.2, 0) is 14.3 Å². The zero-order valence-corrected chi connectivity index (χ0v) is 23.0. The predicted molar refractivity (Wildman–Crippen MR) is 155 cm³/mol. The lowest BCUT2D eigenvalue weighted by Gasteiger charge is -2.23. The van der Waals surface area contributed by atoms with E-state index in [-0.39, 0.29) is 11.8 Å². The maximum atomic E-state index is 13.2. The molecule has 202 valence electrons. The van der Waals surface area contributed by atoms with Crippen LogP contribution in [0.15, 0.2) is 71.7 Å². The van der Waals surface area contributed by atoms with Gasteiger partial charge in [-0.1, -0.05) is 29.8 Å². The molecule has 4 rings (SSSR count). The highest BCUT2D eigenvalue weighted by molar-refractivity contribution is 6.31. The highest BCUT2D eigenvalue weighted by Gasteiger charge is 2.35. The van der Waals surface area contributed by atoms with Gasteiger partial charge in [-0.15, -0.1) is 0 Å². The van der Waals surface area contributed by atoms with E-state index in [0.717, 1.165) is 17.8 Å². The van der Waals surface area contributed by atoms with E-state index in [1.54, 1.807) is 48.2 Å². The summed E-state index contributed by atoms with van der Waals surface area (Å²) >= 11 is 6.16. The van der Waals surface area contributed by atoms with Gasteiger partial charge in [0.05, 0.1) is 18.5 Å². The fraction of sp³-hybridized carbons (Fsp3) is 0.241. The number of amides is 3. The molecule has 9 nitrogen and oxygen atoms in total. The minimum Gasteiger partial charge on any atom is -0.453 e. The zero-order chi connectivity index (χ0) is 28.1. The maximum Gasteiger partial charge on any atom is 0.411 e. The van der Waals surface area contributed by atoms with Crippen molar-refractivity contribution < 1.29 is 19.1 Å². The second kappa shape index (κ2) is 12.1. The standard InChI is InChI=1S/C29H30ClN5O4/c1-18(36)35(16-15-34(2)3)23-12-10-21(11-13-23)31-27(19-5-8-22(9-6-19)32-29(38)39-4)26-24-14-7-20(30)17-25(24)33-28(26)37/h5-14,17,26H,15-16H2,1-4H3,(H,32,38)(H,33,37). The van der Waals surface area contributed by atoms with E-state index in [0.29, 0.717) is 39.9 Å². The third kappa shape index (κ3) is 6.63. The summed E-state index contributed by atoms with van der Waals surface area (Å²) in [7, 11) is 5.21. The molecule has 1 unspecified atom stereocenters. The molecular formula is C29H30ClN5O4. The van der Waals surface area contributed by atoms with Gasteiger partial charge < -0.3 is 19.9 Å². The Morgan fingerprint density at radius 3 is 2.33 bits per heavy atom. The van der Waals surface area contributed by atoms with Crippen LogP contribution in [0.25, 0.3) is 0 Å². The number of ether oxygens (including phenoxy) is 1. The number of carbonyl (C=O) groups excluding carboxylic acids is 3. The highest BCUT2D eigenvalue weighted by Crippen LogP contribution is 2.38. The number of fused-ring (bicyclic) bond motifs is 1. The van der Waals surface area contributed by atoms with Gasteiger partial charge in [-0.3, -0.25) is 19.9 Å². The Hall–Kier alpha value is -4.21. The molecule has 1 aliphatic heterocycles. The number of benzene rings is 3. The number of likely N-dealkylation sites (N-methyl/N-ethyl adjacent to an activating group) is 1. The summed E-state index contributed by atoms with van der Waals surface area (Å²) in [6.07, 6.45) is -0.581. The Labute approximate surface area is 232 Å². The summed E-state index contributed by atoms with van der Waals surface area (Å²) in [6, 6.07) is 19.6. The van der Waals surface area contributed by atoms with Crippen LogP contribution in [0.3, 0.4) is 0 Å². The molecule has 0 saturated carbocycles. The van der Waals surface area contributed by atoms with E-state index in [4.69, 9.17) is 16.6 Å². The van der Waals surface area contributed by atoms with Gasteiger partial charge in [0.1, 0.15) is 5.92 Å². The molecule has 3 amide bonds. The van der Waals surface area contributed by atoms with Gasteiger partial charge in [0.25, 0.3) is 0 Å². The van der Waals surface area contributed by atoms with Gasteiger partial charge in [0.2, 0.25) is 11.8 Å². The summed E-state index contributed by atoms with van der Waals surface area (Å²) < 4.78 is 4.66. The maximum absolute atomic E-state index is 13.2. The molecule has 0 aliphatic carbocycles. The average Bonchev–Trinajstić information content (AvgIpc) is 3.22. The Morgan fingerprint density at radius 1 is 1.03 bits per heavy atom. The molecule has 3 aromatic rings. The van der Waals surface area contributed by atoms with Crippen molar-refractivity contribution in [1.29, 1.82) is 0 Å². The van der Waals surface area contributed by atoms with Gasteiger partial charge in [-0.25, -0.2) is 4.79 Å². The van der Waals surface area contributed by atoms with Crippen LogP contribution in [0.2, 0.25) is 5.02 Å². The van der Waals surface area contributed by atoms with Crippen LogP contribution >= 0.6 is 11.6 Å². The lowest BCUT2D eigenvalue weighted by molar-refractivity contribution is -0.117. The minimum atomic E-state index is -0.676. The molecule has 39 heavy (non-hydrogen) atoms. The van der Waals surface area contributed by atoms with E-state index in [1.165, 1.54) is 7.11 Å². The van der Waals surface area contributed by atoms with Crippen LogP contribution in [0.1, 0.15) is 24.0 Å². The second-order valence-corrected chi connectivity index (χ2v) is 9.77. The molecule has 10 heteroatoms. The van der Waals surface area contributed by atoms with Gasteiger partial charge in [0, 0.05) is 42.1 Å². The fourth-order valence-corrected chi connectivity index (χ4v) is 4.48. The quantitative estimate of drug-likeness (QED) is 0.373. The number of anilines is 3. The van der Waals surface area contributed by atoms with Crippen molar-refractivity contribution in [1.82, 2.24) is 4.90 Å². The Bertz CT molecular complexity index is 1400. The van der Waals surface area contributed by atoms with Gasteiger partial charge in [-0.05, 0) is 73.8 Å². The number of halogens is 1. The van der Waals surface area contributed by atoms with E-state index >= 15 is 0 Å². The first-order valence-corrected chi connectivity index (χ1v) is 12.7. The monoisotopic (exact) mass is 547 g/mol. The third-order valence-electron chi connectivity index (χ3n) is 6.29. The van der Waals surface area contributed by atoms with Gasteiger partial charge >= 0.3 is 6.09 Å². The Kier molecular flexibility index (Phi) is 8.63. The molecule has 1 aliphatic rings. The zero-order valence-electron chi connectivity index (χ0n) is 22.2. The third-order valence-corrected chi connectivity index (χ3v) is 6.53. The lowest BCUT2D eigenvalue weighted by atomic mass is 9.90. The summed E-state index contributed by atoms with van der Waals surface area (Å²) in [5, 5.41) is 6.04. The van der Waals surface area contributed by atoms with E-state index < -0.39 is 12.0 Å². The van der Waals surface area contributed by atoms with E-state index in [9.17, 15) is 14.4 Å². The molecule has 0 saturated heterocycles. The molecule has 2 N–H and O–H groups in total. The summed E-state index contributed by atoms with van der Waals surface area (Å²) in [5.41, 5.74) is 4.57.